The maximum atomic E-state index is 12.9. The molecule has 0 unspecified atom stereocenters. The summed E-state index contributed by atoms with van der Waals surface area (Å²) in [4.78, 5) is 24.0. The van der Waals surface area contributed by atoms with Crippen molar-refractivity contribution in [3.63, 3.8) is 0 Å². The fourth-order valence-electron chi connectivity index (χ4n) is 2.25. The number of benzene rings is 2. The number of unbranched alkanes of at least 4 members (excludes halogenated alkanes) is 1. The molecule has 144 valence electrons. The van der Waals surface area contributed by atoms with Gasteiger partial charge in [-0.3, -0.25) is 4.79 Å². The zero-order valence-electron chi connectivity index (χ0n) is 15.5. The number of hydrogen-bond donors (Lipinski definition) is 1. The Hall–Kier alpha value is -2.89. The Morgan fingerprint density at radius 3 is 2.37 bits per heavy atom. The Morgan fingerprint density at radius 2 is 1.74 bits per heavy atom. The summed E-state index contributed by atoms with van der Waals surface area (Å²) in [5, 5.41) is 2.74. The monoisotopic (exact) mass is 373 g/mol. The van der Waals surface area contributed by atoms with Crippen molar-refractivity contribution in [2.45, 2.75) is 39.3 Å². The van der Waals surface area contributed by atoms with Gasteiger partial charge in [0.05, 0.1) is 12.2 Å². The van der Waals surface area contributed by atoms with Crippen molar-refractivity contribution in [2.75, 3.05) is 6.61 Å². The lowest BCUT2D eigenvalue weighted by molar-refractivity contribution is -0.127. The van der Waals surface area contributed by atoms with E-state index >= 15 is 0 Å². The van der Waals surface area contributed by atoms with Crippen LogP contribution in [0.1, 0.15) is 42.6 Å². The first kappa shape index (κ1) is 20.4. The van der Waals surface area contributed by atoms with E-state index < -0.39 is 6.10 Å². The summed E-state index contributed by atoms with van der Waals surface area (Å²) in [5.74, 6) is -0.508. The van der Waals surface area contributed by atoms with Crippen molar-refractivity contribution in [3.8, 4) is 5.75 Å². The van der Waals surface area contributed by atoms with Gasteiger partial charge in [0, 0.05) is 6.54 Å². The van der Waals surface area contributed by atoms with Crippen LogP contribution in [0.15, 0.2) is 48.5 Å². The average Bonchev–Trinajstić information content (AvgIpc) is 2.68. The molecule has 5 nitrogen and oxygen atoms in total. The Morgan fingerprint density at radius 1 is 1.07 bits per heavy atom. The van der Waals surface area contributed by atoms with Crippen LogP contribution in [0.5, 0.6) is 5.75 Å². The average molecular weight is 373 g/mol. The highest BCUT2D eigenvalue weighted by Crippen LogP contribution is 2.15. The topological polar surface area (TPSA) is 64.6 Å². The van der Waals surface area contributed by atoms with E-state index in [-0.39, 0.29) is 24.2 Å². The van der Waals surface area contributed by atoms with Gasteiger partial charge in [-0.2, -0.15) is 0 Å². The lowest BCUT2D eigenvalue weighted by Gasteiger charge is -2.15. The van der Waals surface area contributed by atoms with Gasteiger partial charge in [0.2, 0.25) is 0 Å². The Bertz CT molecular complexity index is 744. The number of carbonyl (C=O) groups is 2. The SMILES string of the molecule is CCCCOC(=O)c1ccc(O[C@@H](C)C(=O)NCc2ccc(F)cc2)cc1. The van der Waals surface area contributed by atoms with Crippen molar-refractivity contribution in [2.24, 2.45) is 0 Å². The van der Waals surface area contributed by atoms with Crippen LogP contribution in [0, 0.1) is 5.82 Å². The first-order valence-electron chi connectivity index (χ1n) is 8.95. The first-order chi connectivity index (χ1) is 13.0. The standard InChI is InChI=1S/C21H24FNO4/c1-3-4-13-26-21(25)17-7-11-19(12-8-17)27-15(2)20(24)23-14-16-5-9-18(22)10-6-16/h5-12,15H,3-4,13-14H2,1-2H3,(H,23,24)/t15-/m0/s1. The van der Waals surface area contributed by atoms with Crippen LogP contribution in [0.4, 0.5) is 4.39 Å². The minimum absolute atomic E-state index is 0.287. The molecule has 0 saturated heterocycles. The van der Waals surface area contributed by atoms with Gasteiger partial charge in [0.1, 0.15) is 11.6 Å². The molecule has 0 heterocycles. The molecule has 0 aliphatic rings. The van der Waals surface area contributed by atoms with E-state index in [1.807, 2.05) is 6.92 Å². The van der Waals surface area contributed by atoms with Crippen LogP contribution in [-0.2, 0) is 16.1 Å². The van der Waals surface area contributed by atoms with Crippen LogP contribution in [0.3, 0.4) is 0 Å². The normalized spacial score (nSPS) is 11.5. The van der Waals surface area contributed by atoms with Crippen molar-refractivity contribution in [3.05, 3.63) is 65.5 Å². The number of hydrogen-bond acceptors (Lipinski definition) is 4. The van der Waals surface area contributed by atoms with E-state index in [9.17, 15) is 14.0 Å². The van der Waals surface area contributed by atoms with E-state index in [0.717, 1.165) is 18.4 Å². The molecule has 0 aliphatic carbocycles. The van der Waals surface area contributed by atoms with Gasteiger partial charge in [-0.15, -0.1) is 0 Å². The number of rotatable bonds is 9. The van der Waals surface area contributed by atoms with Gasteiger partial charge < -0.3 is 14.8 Å². The smallest absolute Gasteiger partial charge is 0.338 e. The first-order valence-corrected chi connectivity index (χ1v) is 8.95. The number of halogens is 1. The second kappa shape index (κ2) is 10.3. The van der Waals surface area contributed by atoms with Gasteiger partial charge >= 0.3 is 5.97 Å². The molecule has 0 fully saturated rings. The molecule has 0 aromatic heterocycles. The Balaban J connectivity index is 1.81. The molecule has 2 rings (SSSR count). The number of carbonyl (C=O) groups excluding carboxylic acids is 2. The predicted octanol–water partition coefficient (Wildman–Crippen LogP) is 3.87. The molecule has 1 amide bonds. The minimum Gasteiger partial charge on any atom is -0.481 e. The number of nitrogens with one attached hydrogen (secondary N) is 1. The summed E-state index contributed by atoms with van der Waals surface area (Å²) in [5.41, 5.74) is 1.23. The van der Waals surface area contributed by atoms with Gasteiger partial charge in [-0.1, -0.05) is 25.5 Å². The van der Waals surface area contributed by atoms with E-state index in [4.69, 9.17) is 9.47 Å². The third-order valence-corrected chi connectivity index (χ3v) is 3.88. The summed E-state index contributed by atoms with van der Waals surface area (Å²) < 4.78 is 23.6. The maximum absolute atomic E-state index is 12.9. The van der Waals surface area contributed by atoms with Crippen molar-refractivity contribution in [1.29, 1.82) is 0 Å². The summed E-state index contributed by atoms with van der Waals surface area (Å²) in [6, 6.07) is 12.4. The lowest BCUT2D eigenvalue weighted by Crippen LogP contribution is -2.35. The number of ether oxygens (including phenoxy) is 2. The summed E-state index contributed by atoms with van der Waals surface area (Å²) in [6.45, 7) is 4.35. The molecule has 27 heavy (non-hydrogen) atoms. The van der Waals surface area contributed by atoms with E-state index in [1.165, 1.54) is 12.1 Å². The second-order valence-electron chi connectivity index (χ2n) is 6.12. The molecule has 0 radical (unpaired) electrons. The molecule has 0 aliphatic heterocycles. The highest BCUT2D eigenvalue weighted by Gasteiger charge is 2.15. The van der Waals surface area contributed by atoms with Gasteiger partial charge in [0.15, 0.2) is 6.10 Å². The molecule has 0 saturated carbocycles. The zero-order valence-corrected chi connectivity index (χ0v) is 15.5. The summed E-state index contributed by atoms with van der Waals surface area (Å²) >= 11 is 0. The maximum Gasteiger partial charge on any atom is 0.338 e. The highest BCUT2D eigenvalue weighted by molar-refractivity contribution is 5.89. The van der Waals surface area contributed by atoms with Gasteiger partial charge in [-0.05, 0) is 55.3 Å². The highest BCUT2D eigenvalue weighted by atomic mass is 19.1. The van der Waals surface area contributed by atoms with Gasteiger partial charge in [0.25, 0.3) is 5.91 Å². The molecule has 2 aromatic rings. The molecule has 2 aromatic carbocycles. The van der Waals surface area contributed by atoms with Crippen molar-refractivity contribution in [1.82, 2.24) is 5.32 Å². The largest absolute Gasteiger partial charge is 0.481 e. The molecule has 1 N–H and O–H groups in total. The van der Waals surface area contributed by atoms with Crippen molar-refractivity contribution < 1.29 is 23.5 Å². The number of amides is 1. The van der Waals surface area contributed by atoms with E-state index in [2.05, 4.69) is 5.32 Å². The van der Waals surface area contributed by atoms with E-state index in [1.54, 1.807) is 43.3 Å². The van der Waals surface area contributed by atoms with Crippen LogP contribution < -0.4 is 10.1 Å². The number of esters is 1. The summed E-state index contributed by atoms with van der Waals surface area (Å²) in [6.07, 6.45) is 1.08. The quantitative estimate of drug-likeness (QED) is 0.535. The summed E-state index contributed by atoms with van der Waals surface area (Å²) in [7, 11) is 0. The van der Waals surface area contributed by atoms with Crippen LogP contribution in [0.2, 0.25) is 0 Å². The van der Waals surface area contributed by atoms with E-state index in [0.29, 0.717) is 17.9 Å². The molecule has 0 bridgehead atoms. The second-order valence-corrected chi connectivity index (χ2v) is 6.12. The zero-order chi connectivity index (χ0) is 19.6. The molecule has 1 atom stereocenters. The molecular formula is C21H24FNO4. The van der Waals surface area contributed by atoms with Crippen molar-refractivity contribution >= 4 is 11.9 Å². The van der Waals surface area contributed by atoms with Crippen LogP contribution in [0.25, 0.3) is 0 Å². The lowest BCUT2D eigenvalue weighted by atomic mass is 10.2. The fourth-order valence-corrected chi connectivity index (χ4v) is 2.25. The third kappa shape index (κ3) is 6.73. The minimum atomic E-state index is -0.715. The predicted molar refractivity (Wildman–Crippen MR) is 100.0 cm³/mol. The fraction of sp³-hybridized carbons (Fsp3) is 0.333. The molecule has 0 spiro atoms. The van der Waals surface area contributed by atoms with Crippen LogP contribution in [-0.4, -0.2) is 24.6 Å². The molecular weight excluding hydrogens is 349 g/mol. The third-order valence-electron chi connectivity index (χ3n) is 3.88. The Labute approximate surface area is 158 Å². The van der Waals surface area contributed by atoms with Gasteiger partial charge in [-0.25, -0.2) is 9.18 Å². The molecule has 6 heteroatoms. The Kier molecular flexibility index (Phi) is 7.79. The van der Waals surface area contributed by atoms with Crippen LogP contribution >= 0.6 is 0 Å².